The number of para-hydroxylation sites is 1. The van der Waals surface area contributed by atoms with Gasteiger partial charge in [-0.15, -0.1) is 0 Å². The molecule has 0 atom stereocenters. The first-order valence-electron chi connectivity index (χ1n) is 8.61. The Morgan fingerprint density at radius 2 is 0.920 bits per heavy atom. The van der Waals surface area contributed by atoms with E-state index in [0.717, 1.165) is 5.75 Å². The monoisotopic (exact) mass is 358 g/mol. The Morgan fingerprint density at radius 3 is 1.36 bits per heavy atom. The van der Waals surface area contributed by atoms with E-state index < -0.39 is 0 Å². The van der Waals surface area contributed by atoms with Gasteiger partial charge in [0, 0.05) is 0 Å². The Kier molecular flexibility index (Phi) is 15.4. The first-order chi connectivity index (χ1) is 12.4. The lowest BCUT2D eigenvalue weighted by atomic mass is 10.3. The van der Waals surface area contributed by atoms with Gasteiger partial charge in [-0.3, -0.25) is 0 Å². The van der Waals surface area contributed by atoms with Crippen molar-refractivity contribution in [1.29, 1.82) is 0 Å². The molecule has 0 unspecified atom stereocenters. The maximum absolute atomic E-state index is 8.51. The van der Waals surface area contributed by atoms with Gasteiger partial charge in [0.2, 0.25) is 0 Å². The fourth-order valence-electron chi connectivity index (χ4n) is 1.78. The van der Waals surface area contributed by atoms with E-state index in [1.807, 2.05) is 30.3 Å². The summed E-state index contributed by atoms with van der Waals surface area (Å²) in [4.78, 5) is 0. The van der Waals surface area contributed by atoms with Crippen LogP contribution >= 0.6 is 0 Å². The lowest BCUT2D eigenvalue weighted by Gasteiger charge is -2.08. The van der Waals surface area contributed by atoms with Gasteiger partial charge >= 0.3 is 0 Å². The molecule has 0 radical (unpaired) electrons. The Hall–Kier alpha value is -1.22. The zero-order valence-electron chi connectivity index (χ0n) is 14.8. The molecule has 0 aromatic heterocycles. The van der Waals surface area contributed by atoms with Crippen molar-refractivity contribution in [2.24, 2.45) is 0 Å². The summed E-state index contributed by atoms with van der Waals surface area (Å²) in [7, 11) is 0. The summed E-state index contributed by atoms with van der Waals surface area (Å²) in [5.41, 5.74) is 0. The molecule has 0 aliphatic heterocycles. The van der Waals surface area contributed by atoms with E-state index in [1.54, 1.807) is 0 Å². The summed E-state index contributed by atoms with van der Waals surface area (Å²) in [6.45, 7) is 5.62. The standard InChI is InChI=1S/C18H30O7/c19-6-7-20-8-9-21-10-11-22-12-13-23-14-15-24-16-17-25-18-4-2-1-3-5-18/h1-5,19H,6-17H2. The van der Waals surface area contributed by atoms with Gasteiger partial charge in [-0.25, -0.2) is 0 Å². The van der Waals surface area contributed by atoms with Crippen LogP contribution in [0.2, 0.25) is 0 Å². The Bertz CT molecular complexity index is 375. The van der Waals surface area contributed by atoms with Crippen LogP contribution in [-0.4, -0.2) is 84.4 Å². The quantitative estimate of drug-likeness (QED) is 0.394. The van der Waals surface area contributed by atoms with Crippen LogP contribution < -0.4 is 4.74 Å². The van der Waals surface area contributed by atoms with Crippen molar-refractivity contribution in [3.63, 3.8) is 0 Å². The van der Waals surface area contributed by atoms with Gasteiger partial charge in [0.05, 0.1) is 72.7 Å². The average Bonchev–Trinajstić information content (AvgIpc) is 2.65. The van der Waals surface area contributed by atoms with Crippen LogP contribution in [0.4, 0.5) is 0 Å². The summed E-state index contributed by atoms with van der Waals surface area (Å²) in [5.74, 6) is 0.848. The molecule has 0 saturated carbocycles. The lowest BCUT2D eigenvalue weighted by Crippen LogP contribution is -2.14. The number of aliphatic hydroxyl groups excluding tert-OH is 1. The highest BCUT2D eigenvalue weighted by atomic mass is 16.6. The Labute approximate surface area is 149 Å². The fourth-order valence-corrected chi connectivity index (χ4v) is 1.78. The average molecular weight is 358 g/mol. The van der Waals surface area contributed by atoms with Gasteiger partial charge in [-0.1, -0.05) is 18.2 Å². The number of benzene rings is 1. The smallest absolute Gasteiger partial charge is 0.119 e. The molecule has 7 nitrogen and oxygen atoms in total. The molecule has 0 aliphatic rings. The lowest BCUT2D eigenvalue weighted by molar-refractivity contribution is -0.0146. The van der Waals surface area contributed by atoms with E-state index in [4.69, 9.17) is 33.5 Å². The van der Waals surface area contributed by atoms with Gasteiger partial charge in [0.1, 0.15) is 12.4 Å². The van der Waals surface area contributed by atoms with Crippen LogP contribution in [0.25, 0.3) is 0 Å². The number of aliphatic hydroxyl groups is 1. The zero-order valence-corrected chi connectivity index (χ0v) is 14.8. The molecule has 1 rings (SSSR count). The van der Waals surface area contributed by atoms with E-state index >= 15 is 0 Å². The third-order valence-electron chi connectivity index (χ3n) is 2.96. The molecule has 0 heterocycles. The fraction of sp³-hybridized carbons (Fsp3) is 0.667. The number of rotatable bonds is 18. The third-order valence-corrected chi connectivity index (χ3v) is 2.96. The minimum Gasteiger partial charge on any atom is -0.491 e. The van der Waals surface area contributed by atoms with Crippen molar-refractivity contribution in [2.45, 2.75) is 0 Å². The summed E-state index contributed by atoms with van der Waals surface area (Å²) in [6, 6.07) is 9.66. The van der Waals surface area contributed by atoms with Crippen LogP contribution in [0.15, 0.2) is 30.3 Å². The van der Waals surface area contributed by atoms with Gasteiger partial charge < -0.3 is 33.5 Å². The minimum atomic E-state index is 0.0373. The largest absolute Gasteiger partial charge is 0.491 e. The van der Waals surface area contributed by atoms with Crippen LogP contribution in [0.5, 0.6) is 5.75 Å². The predicted molar refractivity (Wildman–Crippen MR) is 93.1 cm³/mol. The summed E-state index contributed by atoms with van der Waals surface area (Å²) >= 11 is 0. The molecule has 144 valence electrons. The maximum atomic E-state index is 8.51. The molecule has 0 spiro atoms. The van der Waals surface area contributed by atoms with Gasteiger partial charge in [0.25, 0.3) is 0 Å². The SMILES string of the molecule is OCCOCCOCCOCCOCCOCCOc1ccccc1. The van der Waals surface area contributed by atoms with Crippen molar-refractivity contribution in [3.05, 3.63) is 30.3 Å². The topological polar surface area (TPSA) is 75.6 Å². The molecule has 0 amide bonds. The molecular formula is C18H30O7. The zero-order chi connectivity index (χ0) is 17.8. The van der Waals surface area contributed by atoms with Crippen molar-refractivity contribution in [2.75, 3.05) is 79.3 Å². The minimum absolute atomic E-state index is 0.0373. The summed E-state index contributed by atoms with van der Waals surface area (Å²) in [5, 5.41) is 8.51. The molecule has 1 aromatic carbocycles. The van der Waals surface area contributed by atoms with Gasteiger partial charge in [-0.05, 0) is 12.1 Å². The van der Waals surface area contributed by atoms with Crippen LogP contribution in [0.1, 0.15) is 0 Å². The number of hydrogen-bond acceptors (Lipinski definition) is 7. The number of ether oxygens (including phenoxy) is 6. The summed E-state index contributed by atoms with van der Waals surface area (Å²) in [6.07, 6.45) is 0. The molecule has 7 heteroatoms. The molecule has 0 fully saturated rings. The van der Waals surface area contributed by atoms with Crippen LogP contribution in [0.3, 0.4) is 0 Å². The molecule has 0 aliphatic carbocycles. The molecule has 0 saturated heterocycles. The van der Waals surface area contributed by atoms with Crippen molar-refractivity contribution in [1.82, 2.24) is 0 Å². The molecule has 0 bridgehead atoms. The van der Waals surface area contributed by atoms with Crippen molar-refractivity contribution < 1.29 is 33.5 Å². The van der Waals surface area contributed by atoms with E-state index in [9.17, 15) is 0 Å². The van der Waals surface area contributed by atoms with E-state index in [0.29, 0.717) is 72.7 Å². The number of hydrogen-bond donors (Lipinski definition) is 1. The first kappa shape index (κ1) is 21.8. The third kappa shape index (κ3) is 14.8. The summed E-state index contributed by atoms with van der Waals surface area (Å²) < 4.78 is 32.0. The molecule has 1 aromatic rings. The Morgan fingerprint density at radius 1 is 0.520 bits per heavy atom. The van der Waals surface area contributed by atoms with Crippen LogP contribution in [-0.2, 0) is 23.7 Å². The van der Waals surface area contributed by atoms with E-state index in [2.05, 4.69) is 0 Å². The predicted octanol–water partition coefficient (Wildman–Crippen LogP) is 1.14. The van der Waals surface area contributed by atoms with Crippen LogP contribution in [0, 0.1) is 0 Å². The molecule has 1 N–H and O–H groups in total. The second-order valence-corrected chi connectivity index (χ2v) is 4.95. The second kappa shape index (κ2) is 17.6. The molecular weight excluding hydrogens is 328 g/mol. The second-order valence-electron chi connectivity index (χ2n) is 4.95. The first-order valence-corrected chi connectivity index (χ1v) is 8.61. The maximum Gasteiger partial charge on any atom is 0.119 e. The van der Waals surface area contributed by atoms with E-state index in [1.165, 1.54) is 0 Å². The molecule has 25 heavy (non-hydrogen) atoms. The highest BCUT2D eigenvalue weighted by Gasteiger charge is 1.94. The van der Waals surface area contributed by atoms with E-state index in [-0.39, 0.29) is 6.61 Å². The van der Waals surface area contributed by atoms with Gasteiger partial charge in [-0.2, -0.15) is 0 Å². The van der Waals surface area contributed by atoms with Gasteiger partial charge in [0.15, 0.2) is 0 Å². The normalized spacial score (nSPS) is 10.9. The highest BCUT2D eigenvalue weighted by molar-refractivity contribution is 5.20. The highest BCUT2D eigenvalue weighted by Crippen LogP contribution is 2.07. The van der Waals surface area contributed by atoms with Crippen molar-refractivity contribution in [3.8, 4) is 5.75 Å². The van der Waals surface area contributed by atoms with Crippen molar-refractivity contribution >= 4 is 0 Å². The Balaban J connectivity index is 1.69.